The number of aryl methyl sites for hydroxylation is 3. The number of nitrogens with zero attached hydrogens (tertiary/aromatic N) is 1. The van der Waals surface area contributed by atoms with Crippen molar-refractivity contribution in [2.45, 2.75) is 33.6 Å². The summed E-state index contributed by atoms with van der Waals surface area (Å²) in [5.41, 5.74) is 4.89. The molecule has 3 heteroatoms. The summed E-state index contributed by atoms with van der Waals surface area (Å²) >= 11 is 0. The number of aromatic nitrogens is 1. The lowest BCUT2D eigenvalue weighted by atomic mass is 9.98. The molecule has 18 heavy (non-hydrogen) atoms. The number of aliphatic carboxylic acids is 1. The maximum Gasteiger partial charge on any atom is 0.312 e. The minimum atomic E-state index is -0.841. The molecule has 1 N–H and O–H groups in total. The zero-order chi connectivity index (χ0) is 13.4. The number of hydrogen-bond donors (Lipinski definition) is 1. The summed E-state index contributed by atoms with van der Waals surface area (Å²) in [7, 11) is 0. The van der Waals surface area contributed by atoms with Gasteiger partial charge in [0.25, 0.3) is 0 Å². The van der Waals surface area contributed by atoms with Gasteiger partial charge >= 0.3 is 5.97 Å². The zero-order valence-corrected chi connectivity index (χ0v) is 11.1. The average molecular weight is 243 g/mol. The van der Waals surface area contributed by atoms with Crippen LogP contribution in [0.15, 0.2) is 18.2 Å². The van der Waals surface area contributed by atoms with E-state index in [0.29, 0.717) is 5.69 Å². The summed E-state index contributed by atoms with van der Waals surface area (Å²) in [6, 6.07) is 5.99. The van der Waals surface area contributed by atoms with Gasteiger partial charge in [0.15, 0.2) is 0 Å². The van der Waals surface area contributed by atoms with Crippen molar-refractivity contribution in [3.05, 3.63) is 40.6 Å². The first-order valence-corrected chi connectivity index (χ1v) is 6.02. The van der Waals surface area contributed by atoms with Crippen LogP contribution >= 0.6 is 0 Å². The van der Waals surface area contributed by atoms with E-state index in [1.807, 2.05) is 26.0 Å². The van der Waals surface area contributed by atoms with Gasteiger partial charge in [0.05, 0.1) is 17.1 Å². The fourth-order valence-corrected chi connectivity index (χ4v) is 2.24. The van der Waals surface area contributed by atoms with Crippen LogP contribution in [0.25, 0.3) is 10.9 Å². The Morgan fingerprint density at radius 3 is 2.39 bits per heavy atom. The molecule has 0 saturated carbocycles. The van der Waals surface area contributed by atoms with Crippen LogP contribution in [0.2, 0.25) is 0 Å². The van der Waals surface area contributed by atoms with Gasteiger partial charge in [-0.25, -0.2) is 0 Å². The molecule has 1 aromatic carbocycles. The third-order valence-electron chi connectivity index (χ3n) is 3.40. The molecular weight excluding hydrogens is 226 g/mol. The van der Waals surface area contributed by atoms with Gasteiger partial charge in [-0.3, -0.25) is 9.78 Å². The second kappa shape index (κ2) is 4.41. The van der Waals surface area contributed by atoms with Gasteiger partial charge in [0.2, 0.25) is 0 Å². The Bertz CT molecular complexity index is 632. The van der Waals surface area contributed by atoms with Gasteiger partial charge in [-0.1, -0.05) is 12.1 Å². The van der Waals surface area contributed by atoms with E-state index < -0.39 is 11.9 Å². The van der Waals surface area contributed by atoms with E-state index >= 15 is 0 Å². The second-order valence-corrected chi connectivity index (χ2v) is 4.85. The first-order valence-electron chi connectivity index (χ1n) is 6.02. The van der Waals surface area contributed by atoms with Crippen LogP contribution in [0, 0.1) is 20.8 Å². The van der Waals surface area contributed by atoms with Gasteiger partial charge in [0, 0.05) is 5.39 Å². The van der Waals surface area contributed by atoms with E-state index in [9.17, 15) is 4.79 Å². The fourth-order valence-electron chi connectivity index (χ4n) is 2.24. The van der Waals surface area contributed by atoms with Gasteiger partial charge in [0.1, 0.15) is 0 Å². The molecule has 1 atom stereocenters. The van der Waals surface area contributed by atoms with Crippen molar-refractivity contribution >= 4 is 16.9 Å². The largest absolute Gasteiger partial charge is 0.481 e. The Labute approximate surface area is 106 Å². The van der Waals surface area contributed by atoms with E-state index in [1.165, 1.54) is 5.56 Å². The number of carboxylic acids is 1. The Hall–Kier alpha value is -1.90. The lowest BCUT2D eigenvalue weighted by Crippen LogP contribution is -2.10. The first-order chi connectivity index (χ1) is 8.41. The molecule has 0 aliphatic carbocycles. The van der Waals surface area contributed by atoms with Crippen molar-refractivity contribution in [1.29, 1.82) is 0 Å². The normalized spacial score (nSPS) is 12.7. The highest BCUT2D eigenvalue weighted by molar-refractivity contribution is 5.88. The van der Waals surface area contributed by atoms with E-state index in [2.05, 4.69) is 18.0 Å². The highest BCUT2D eigenvalue weighted by Gasteiger charge is 2.17. The molecule has 0 bridgehead atoms. The molecule has 0 amide bonds. The molecule has 3 nitrogen and oxygen atoms in total. The van der Waals surface area contributed by atoms with Gasteiger partial charge in [-0.2, -0.15) is 0 Å². The first kappa shape index (κ1) is 12.6. The summed E-state index contributed by atoms with van der Waals surface area (Å²) in [5.74, 6) is -1.42. The summed E-state index contributed by atoms with van der Waals surface area (Å²) in [5, 5.41) is 10.2. The van der Waals surface area contributed by atoms with Crippen molar-refractivity contribution in [1.82, 2.24) is 4.98 Å². The maximum absolute atomic E-state index is 11.1. The number of carbonyl (C=O) groups is 1. The number of benzene rings is 1. The molecule has 2 rings (SSSR count). The Morgan fingerprint density at radius 1 is 1.17 bits per heavy atom. The van der Waals surface area contributed by atoms with Gasteiger partial charge in [-0.15, -0.1) is 0 Å². The molecule has 2 aromatic rings. The molecule has 0 fully saturated rings. The highest BCUT2D eigenvalue weighted by atomic mass is 16.4. The van der Waals surface area contributed by atoms with Crippen molar-refractivity contribution < 1.29 is 9.90 Å². The molecular formula is C15H17NO2. The van der Waals surface area contributed by atoms with Crippen molar-refractivity contribution in [2.75, 3.05) is 0 Å². The molecule has 1 unspecified atom stereocenters. The summed E-state index contributed by atoms with van der Waals surface area (Å²) < 4.78 is 0. The van der Waals surface area contributed by atoms with Crippen LogP contribution in [0.4, 0.5) is 0 Å². The number of hydrogen-bond acceptors (Lipinski definition) is 2. The minimum absolute atomic E-state index is 0.576. The van der Waals surface area contributed by atoms with Crippen molar-refractivity contribution in [2.24, 2.45) is 0 Å². The van der Waals surface area contributed by atoms with Crippen LogP contribution in [0.3, 0.4) is 0 Å². The van der Waals surface area contributed by atoms with Crippen LogP contribution in [-0.4, -0.2) is 16.1 Å². The molecule has 1 heterocycles. The summed E-state index contributed by atoms with van der Waals surface area (Å²) in [4.78, 5) is 15.6. The van der Waals surface area contributed by atoms with Gasteiger partial charge < -0.3 is 5.11 Å². The fraction of sp³-hybridized carbons (Fsp3) is 0.333. The maximum atomic E-state index is 11.1. The van der Waals surface area contributed by atoms with Gasteiger partial charge in [-0.05, 0) is 50.5 Å². The number of rotatable bonds is 2. The minimum Gasteiger partial charge on any atom is -0.481 e. The van der Waals surface area contributed by atoms with Crippen LogP contribution in [0.5, 0.6) is 0 Å². The molecule has 1 aromatic heterocycles. The topological polar surface area (TPSA) is 50.2 Å². The lowest BCUT2D eigenvalue weighted by molar-refractivity contribution is -0.138. The van der Waals surface area contributed by atoms with Crippen molar-refractivity contribution in [3.63, 3.8) is 0 Å². The van der Waals surface area contributed by atoms with Crippen LogP contribution in [0.1, 0.15) is 35.2 Å². The zero-order valence-electron chi connectivity index (χ0n) is 11.1. The smallest absolute Gasteiger partial charge is 0.312 e. The third-order valence-corrected chi connectivity index (χ3v) is 3.40. The molecule has 0 radical (unpaired) electrons. The molecule has 0 saturated heterocycles. The monoisotopic (exact) mass is 243 g/mol. The number of pyridine rings is 1. The van der Waals surface area contributed by atoms with E-state index in [-0.39, 0.29) is 0 Å². The molecule has 0 aliphatic rings. The number of carboxylic acid groups (broad SMARTS) is 1. The lowest BCUT2D eigenvalue weighted by Gasteiger charge is -2.13. The van der Waals surface area contributed by atoms with E-state index in [4.69, 9.17) is 5.11 Å². The highest BCUT2D eigenvalue weighted by Crippen LogP contribution is 2.27. The van der Waals surface area contributed by atoms with Crippen LogP contribution < -0.4 is 0 Å². The third kappa shape index (κ3) is 1.96. The Balaban J connectivity index is 2.77. The summed E-state index contributed by atoms with van der Waals surface area (Å²) in [6.07, 6.45) is 0. The Morgan fingerprint density at radius 2 is 1.78 bits per heavy atom. The molecule has 94 valence electrons. The van der Waals surface area contributed by atoms with Crippen molar-refractivity contribution in [3.8, 4) is 0 Å². The predicted octanol–water partition coefficient (Wildman–Crippen LogP) is 3.35. The second-order valence-electron chi connectivity index (χ2n) is 4.85. The SMILES string of the molecule is Cc1ccc(C)c2c(C)cc(C(C)C(=O)O)nc12. The van der Waals surface area contributed by atoms with Crippen LogP contribution in [-0.2, 0) is 4.79 Å². The average Bonchev–Trinajstić information content (AvgIpc) is 2.32. The molecule has 0 spiro atoms. The standard InChI is InChI=1S/C15H17NO2/c1-8-5-6-9(2)14-13(8)10(3)7-12(16-14)11(4)15(17)18/h5-7,11H,1-4H3,(H,17,18). The van der Waals surface area contributed by atoms with E-state index in [0.717, 1.165) is 22.0 Å². The molecule has 0 aliphatic heterocycles. The number of fused-ring (bicyclic) bond motifs is 1. The quantitative estimate of drug-likeness (QED) is 0.880. The Kier molecular flexibility index (Phi) is 3.07. The predicted molar refractivity (Wildman–Crippen MR) is 72.0 cm³/mol. The summed E-state index contributed by atoms with van der Waals surface area (Å²) in [6.45, 7) is 7.73. The van der Waals surface area contributed by atoms with E-state index in [1.54, 1.807) is 6.92 Å².